The summed E-state index contributed by atoms with van der Waals surface area (Å²) in [4.78, 5) is 24.3. The first-order valence-corrected chi connectivity index (χ1v) is 7.10. The zero-order valence-corrected chi connectivity index (χ0v) is 12.1. The zero-order valence-electron chi connectivity index (χ0n) is 12.1. The third-order valence-electron chi connectivity index (χ3n) is 3.96. The summed E-state index contributed by atoms with van der Waals surface area (Å²) < 4.78 is 0. The van der Waals surface area contributed by atoms with Gasteiger partial charge in [-0.25, -0.2) is 0 Å². The van der Waals surface area contributed by atoms with Crippen molar-refractivity contribution in [3.8, 4) is 17.2 Å². The molecule has 3 rings (SSSR count). The lowest BCUT2D eigenvalue weighted by Crippen LogP contribution is -2.22. The number of hydrogen-bond donors (Lipinski definition) is 2. The molecule has 2 unspecified atom stereocenters. The molecule has 23 heavy (non-hydrogen) atoms. The van der Waals surface area contributed by atoms with Crippen molar-refractivity contribution in [2.45, 2.75) is 18.6 Å². The van der Waals surface area contributed by atoms with Crippen LogP contribution >= 0.6 is 0 Å². The summed E-state index contributed by atoms with van der Waals surface area (Å²) >= 11 is 0. The molecule has 1 aliphatic rings. The summed E-state index contributed by atoms with van der Waals surface area (Å²) in [5, 5.41) is 28.5. The fourth-order valence-corrected chi connectivity index (χ4v) is 2.75. The number of ketones is 2. The topological polar surface area (TPSA) is 98.4 Å². The minimum atomic E-state index is -1.24. The van der Waals surface area contributed by atoms with Crippen LogP contribution in [-0.2, 0) is 0 Å². The Kier molecular flexibility index (Phi) is 3.78. The van der Waals surface area contributed by atoms with E-state index in [0.29, 0.717) is 22.3 Å². The Balaban J connectivity index is 2.12. The SMILES string of the molecule is N#CCC(O)C(O)c1ccc2c(c1)-c1ccccc1C(=O)C2=O. The van der Waals surface area contributed by atoms with Gasteiger partial charge in [0.15, 0.2) is 0 Å². The molecule has 2 atom stereocenters. The predicted molar refractivity (Wildman–Crippen MR) is 81.7 cm³/mol. The molecule has 5 heteroatoms. The Bertz CT molecular complexity index is 850. The third kappa shape index (κ3) is 2.44. The molecule has 0 amide bonds. The van der Waals surface area contributed by atoms with Crippen molar-refractivity contribution in [1.82, 2.24) is 0 Å². The van der Waals surface area contributed by atoms with Crippen LogP contribution in [0.2, 0.25) is 0 Å². The molecule has 5 nitrogen and oxygen atoms in total. The number of hydrogen-bond acceptors (Lipinski definition) is 5. The molecule has 114 valence electrons. The second-order valence-corrected chi connectivity index (χ2v) is 5.38. The molecule has 0 saturated heterocycles. The van der Waals surface area contributed by atoms with Crippen LogP contribution in [0.5, 0.6) is 0 Å². The van der Waals surface area contributed by atoms with E-state index in [1.165, 1.54) is 12.1 Å². The van der Waals surface area contributed by atoms with Gasteiger partial charge in [0.2, 0.25) is 11.6 Å². The molecule has 0 aromatic heterocycles. The lowest BCUT2D eigenvalue weighted by molar-refractivity contribution is 0.0216. The van der Waals surface area contributed by atoms with E-state index in [1.807, 2.05) is 0 Å². The number of aliphatic hydroxyl groups is 2. The average Bonchev–Trinajstić information content (AvgIpc) is 2.58. The highest BCUT2D eigenvalue weighted by Crippen LogP contribution is 2.35. The molecule has 0 saturated carbocycles. The third-order valence-corrected chi connectivity index (χ3v) is 3.96. The maximum Gasteiger partial charge on any atom is 0.234 e. The van der Waals surface area contributed by atoms with Gasteiger partial charge in [0.05, 0.1) is 18.6 Å². The van der Waals surface area contributed by atoms with Crippen molar-refractivity contribution < 1.29 is 19.8 Å². The molecule has 2 N–H and O–H groups in total. The van der Waals surface area contributed by atoms with Crippen LogP contribution in [0, 0.1) is 11.3 Å². The summed E-state index contributed by atoms with van der Waals surface area (Å²) in [6.45, 7) is 0. The number of nitriles is 1. The van der Waals surface area contributed by atoms with Gasteiger partial charge in [-0.3, -0.25) is 9.59 Å². The van der Waals surface area contributed by atoms with E-state index in [1.54, 1.807) is 36.4 Å². The van der Waals surface area contributed by atoms with Gasteiger partial charge in [0, 0.05) is 11.1 Å². The van der Waals surface area contributed by atoms with E-state index in [0.717, 1.165) is 0 Å². The van der Waals surface area contributed by atoms with E-state index in [9.17, 15) is 19.8 Å². The number of benzene rings is 2. The molecule has 0 heterocycles. The average molecular weight is 307 g/mol. The van der Waals surface area contributed by atoms with Crippen LogP contribution in [0.25, 0.3) is 11.1 Å². The lowest BCUT2D eigenvalue weighted by atomic mass is 9.82. The molecular formula is C18H13NO4. The highest BCUT2D eigenvalue weighted by atomic mass is 16.3. The maximum atomic E-state index is 12.2. The number of Topliss-reactive ketones (excluding diaryl/α,β-unsaturated/α-hetero) is 2. The van der Waals surface area contributed by atoms with Crippen molar-refractivity contribution in [3.63, 3.8) is 0 Å². The maximum absolute atomic E-state index is 12.2. The number of nitrogens with zero attached hydrogens (tertiary/aromatic N) is 1. The fourth-order valence-electron chi connectivity index (χ4n) is 2.75. The second kappa shape index (κ2) is 5.76. The molecule has 0 radical (unpaired) electrons. The van der Waals surface area contributed by atoms with E-state index in [4.69, 9.17) is 5.26 Å². The van der Waals surface area contributed by atoms with E-state index >= 15 is 0 Å². The first kappa shape index (κ1) is 15.1. The van der Waals surface area contributed by atoms with Crippen LogP contribution < -0.4 is 0 Å². The van der Waals surface area contributed by atoms with Gasteiger partial charge in [0.1, 0.15) is 6.10 Å². The van der Waals surface area contributed by atoms with E-state index < -0.39 is 23.8 Å². The smallest absolute Gasteiger partial charge is 0.234 e. The lowest BCUT2D eigenvalue weighted by Gasteiger charge is -2.21. The van der Waals surface area contributed by atoms with Crippen LogP contribution in [0.4, 0.5) is 0 Å². The first-order chi connectivity index (χ1) is 11.0. The Morgan fingerprint density at radius 2 is 1.52 bits per heavy atom. The molecule has 2 aromatic rings. The van der Waals surface area contributed by atoms with Gasteiger partial charge in [-0.2, -0.15) is 5.26 Å². The van der Waals surface area contributed by atoms with Crippen LogP contribution in [0.3, 0.4) is 0 Å². The first-order valence-electron chi connectivity index (χ1n) is 7.10. The molecular weight excluding hydrogens is 294 g/mol. The van der Waals surface area contributed by atoms with Gasteiger partial charge >= 0.3 is 0 Å². The number of rotatable bonds is 3. The van der Waals surface area contributed by atoms with Crippen LogP contribution in [-0.4, -0.2) is 27.9 Å². The predicted octanol–water partition coefficient (Wildman–Crippen LogP) is 2.04. The Labute approximate surface area is 132 Å². The molecule has 2 aromatic carbocycles. The second-order valence-electron chi connectivity index (χ2n) is 5.38. The van der Waals surface area contributed by atoms with Crippen molar-refractivity contribution in [1.29, 1.82) is 5.26 Å². The Morgan fingerprint density at radius 3 is 2.17 bits per heavy atom. The normalized spacial score (nSPS) is 15.3. The summed E-state index contributed by atoms with van der Waals surface area (Å²) in [7, 11) is 0. The van der Waals surface area contributed by atoms with Crippen LogP contribution in [0.1, 0.15) is 38.8 Å². The van der Waals surface area contributed by atoms with Crippen LogP contribution in [0.15, 0.2) is 42.5 Å². The van der Waals surface area contributed by atoms with Gasteiger partial charge in [0.25, 0.3) is 0 Å². The molecule has 0 fully saturated rings. The van der Waals surface area contributed by atoms with Gasteiger partial charge in [-0.15, -0.1) is 0 Å². The van der Waals surface area contributed by atoms with Gasteiger partial charge in [-0.05, 0) is 28.8 Å². The minimum absolute atomic E-state index is 0.202. The molecule has 0 bridgehead atoms. The summed E-state index contributed by atoms with van der Waals surface area (Å²) in [5.41, 5.74) is 2.17. The standard InChI is InChI=1S/C18H13NO4/c19-8-7-15(20)16(21)10-5-6-13-14(9-10)11-3-1-2-4-12(11)17(22)18(13)23/h1-6,9,15-16,20-21H,7H2. The number of aliphatic hydroxyl groups excluding tert-OH is 2. The van der Waals surface area contributed by atoms with E-state index in [-0.39, 0.29) is 12.0 Å². The number of fused-ring (bicyclic) bond motifs is 3. The van der Waals surface area contributed by atoms with Crippen molar-refractivity contribution >= 4 is 11.6 Å². The van der Waals surface area contributed by atoms with E-state index in [2.05, 4.69) is 0 Å². The quantitative estimate of drug-likeness (QED) is 0.845. The Morgan fingerprint density at radius 1 is 0.913 bits per heavy atom. The summed E-state index contributed by atoms with van der Waals surface area (Å²) in [6, 6.07) is 13.1. The highest BCUT2D eigenvalue weighted by Gasteiger charge is 2.31. The summed E-state index contributed by atoms with van der Waals surface area (Å²) in [6.07, 6.45) is -2.65. The van der Waals surface area contributed by atoms with Crippen molar-refractivity contribution in [2.75, 3.05) is 0 Å². The number of carbonyl (C=O) groups is 2. The molecule has 0 aliphatic heterocycles. The number of carbonyl (C=O) groups excluding carboxylic acids is 2. The zero-order chi connectivity index (χ0) is 16.6. The fraction of sp³-hybridized carbons (Fsp3) is 0.167. The highest BCUT2D eigenvalue weighted by molar-refractivity contribution is 6.52. The molecule has 1 aliphatic carbocycles. The van der Waals surface area contributed by atoms with Crippen molar-refractivity contribution in [3.05, 3.63) is 59.2 Å². The van der Waals surface area contributed by atoms with Gasteiger partial charge < -0.3 is 10.2 Å². The Hall–Kier alpha value is -2.81. The largest absolute Gasteiger partial charge is 0.389 e. The minimum Gasteiger partial charge on any atom is -0.389 e. The monoisotopic (exact) mass is 307 g/mol. The molecule has 0 spiro atoms. The van der Waals surface area contributed by atoms with Crippen molar-refractivity contribution in [2.24, 2.45) is 0 Å². The van der Waals surface area contributed by atoms with Gasteiger partial charge in [-0.1, -0.05) is 30.3 Å². The summed E-state index contributed by atoms with van der Waals surface area (Å²) in [5.74, 6) is -1.14.